The average molecular weight is 527 g/mol. The monoisotopic (exact) mass is 526 g/mol. The van der Waals surface area contributed by atoms with Crippen LogP contribution in [0.1, 0.15) is 69.9 Å². The molecule has 2 aliphatic heterocycles. The van der Waals surface area contributed by atoms with Crippen LogP contribution in [-0.2, 0) is 26.2 Å². The van der Waals surface area contributed by atoms with Gasteiger partial charge in [0.1, 0.15) is 11.3 Å². The zero-order chi connectivity index (χ0) is 27.0. The fourth-order valence-corrected chi connectivity index (χ4v) is 7.75. The van der Waals surface area contributed by atoms with Gasteiger partial charge in [-0.15, -0.1) is 0 Å². The molecule has 206 valence electrons. The summed E-state index contributed by atoms with van der Waals surface area (Å²) in [5.41, 5.74) is -1.71. The Balaban J connectivity index is 1.40. The van der Waals surface area contributed by atoms with Crippen molar-refractivity contribution in [1.29, 1.82) is 0 Å². The molecule has 0 unspecified atom stereocenters. The standard InChI is InChI=1S/C29H38N2O7/c1-16(25(34)30-28(26(35)37-3)10-4-5-11-28)22(33)24-29-12-13-31(15-17-6-7-17)20(27(29,2)36)14-18-8-9-19(32)23(38-24)21(18)29/h8-9,17,20,24,32-33,36H,4-7,10-15H2,1-3H3,(H,30,34)/b22-16-/t20-,24+,27-,29+/m1/s1. The summed E-state index contributed by atoms with van der Waals surface area (Å²) in [5.74, 6) is -0.486. The molecular formula is C29H38N2O7. The quantitative estimate of drug-likeness (QED) is 0.253. The largest absolute Gasteiger partial charge is 0.508 e. The second-order valence-corrected chi connectivity index (χ2v) is 12.2. The van der Waals surface area contributed by atoms with E-state index in [0.717, 1.165) is 37.1 Å². The number of aromatic hydroxyl groups is 1. The molecule has 1 amide bonds. The summed E-state index contributed by atoms with van der Waals surface area (Å²) in [6.45, 7) is 4.96. The molecule has 38 heavy (non-hydrogen) atoms. The number of fused-ring (bicyclic) bond motifs is 1. The highest BCUT2D eigenvalue weighted by Crippen LogP contribution is 2.63. The highest BCUT2D eigenvalue weighted by molar-refractivity contribution is 5.97. The molecule has 0 aromatic heterocycles. The number of phenolic OH excluding ortho intramolecular Hbond substituents is 1. The number of aliphatic hydroxyl groups is 2. The van der Waals surface area contributed by atoms with Crippen molar-refractivity contribution >= 4 is 11.9 Å². The van der Waals surface area contributed by atoms with Crippen LogP contribution in [0.2, 0.25) is 0 Å². The van der Waals surface area contributed by atoms with Gasteiger partial charge in [0.25, 0.3) is 5.91 Å². The Labute approximate surface area is 222 Å². The molecule has 6 rings (SSSR count). The number of methoxy groups -OCH3 is 1. The lowest BCUT2D eigenvalue weighted by molar-refractivity contribution is -0.153. The van der Waals surface area contributed by atoms with Crippen molar-refractivity contribution in [1.82, 2.24) is 10.2 Å². The number of hydrogen-bond donors (Lipinski definition) is 4. The van der Waals surface area contributed by atoms with Crippen LogP contribution in [0, 0.1) is 5.92 Å². The lowest BCUT2D eigenvalue weighted by Crippen LogP contribution is -2.73. The second kappa shape index (κ2) is 8.61. The van der Waals surface area contributed by atoms with Crippen molar-refractivity contribution in [2.45, 2.75) is 93.9 Å². The molecule has 2 bridgehead atoms. The Hall–Kier alpha value is -2.78. The molecule has 9 nitrogen and oxygen atoms in total. The topological polar surface area (TPSA) is 129 Å². The van der Waals surface area contributed by atoms with Crippen LogP contribution in [0.3, 0.4) is 0 Å². The van der Waals surface area contributed by atoms with E-state index in [1.807, 2.05) is 13.0 Å². The van der Waals surface area contributed by atoms with Gasteiger partial charge >= 0.3 is 5.97 Å². The van der Waals surface area contributed by atoms with Crippen LogP contribution >= 0.6 is 0 Å². The van der Waals surface area contributed by atoms with Gasteiger partial charge in [-0.1, -0.05) is 18.9 Å². The van der Waals surface area contributed by atoms with E-state index in [2.05, 4.69) is 10.2 Å². The number of carbonyl (C=O) groups excluding carboxylic acids is 2. The second-order valence-electron chi connectivity index (χ2n) is 12.2. The third-order valence-electron chi connectivity index (χ3n) is 10.1. The molecule has 1 saturated heterocycles. The summed E-state index contributed by atoms with van der Waals surface area (Å²) in [4.78, 5) is 28.4. The number of hydrogen-bond acceptors (Lipinski definition) is 8. The summed E-state index contributed by atoms with van der Waals surface area (Å²) >= 11 is 0. The van der Waals surface area contributed by atoms with E-state index in [9.17, 15) is 24.9 Å². The number of phenols is 1. The number of benzene rings is 1. The van der Waals surface area contributed by atoms with Crippen molar-refractivity contribution < 1.29 is 34.4 Å². The molecule has 2 saturated carbocycles. The predicted molar refractivity (Wildman–Crippen MR) is 138 cm³/mol. The van der Waals surface area contributed by atoms with E-state index >= 15 is 0 Å². The molecular weight excluding hydrogens is 488 g/mol. The summed E-state index contributed by atoms with van der Waals surface area (Å²) in [5, 5.41) is 37.5. The van der Waals surface area contributed by atoms with Gasteiger partial charge in [-0.25, -0.2) is 4.79 Å². The Morgan fingerprint density at radius 3 is 2.58 bits per heavy atom. The molecule has 3 fully saturated rings. The molecule has 1 aromatic rings. The summed E-state index contributed by atoms with van der Waals surface area (Å²) in [6.07, 6.45) is 5.00. The third-order valence-corrected chi connectivity index (χ3v) is 10.1. The van der Waals surface area contributed by atoms with Gasteiger partial charge < -0.3 is 30.1 Å². The number of nitrogens with zero attached hydrogens (tertiary/aromatic N) is 1. The van der Waals surface area contributed by atoms with Crippen LogP contribution in [-0.4, -0.2) is 75.6 Å². The SMILES string of the molecule is COC(=O)C1(NC(=O)/C(C)=C(\O)[C@@H]2Oc3c(O)ccc4c3[C@@]23CCN(CC2CC2)[C@H](C4)[C@@]3(C)O)CCCC1. The molecule has 2 heterocycles. The van der Waals surface area contributed by atoms with Crippen molar-refractivity contribution in [3.8, 4) is 11.5 Å². The van der Waals surface area contributed by atoms with Crippen LogP contribution in [0.15, 0.2) is 23.5 Å². The lowest BCUT2D eigenvalue weighted by Gasteiger charge is -2.59. The summed E-state index contributed by atoms with van der Waals surface area (Å²) in [7, 11) is 1.30. The fraction of sp³-hybridized carbons (Fsp3) is 0.655. The third kappa shape index (κ3) is 3.43. The Kier molecular flexibility index (Phi) is 5.78. The maximum Gasteiger partial charge on any atom is 0.331 e. The van der Waals surface area contributed by atoms with Crippen molar-refractivity contribution in [2.24, 2.45) is 5.92 Å². The Morgan fingerprint density at radius 2 is 1.92 bits per heavy atom. The van der Waals surface area contributed by atoms with Crippen LogP contribution in [0.4, 0.5) is 0 Å². The number of amides is 1. The van der Waals surface area contributed by atoms with Gasteiger partial charge in [0, 0.05) is 18.2 Å². The van der Waals surface area contributed by atoms with Crippen molar-refractivity contribution in [3.63, 3.8) is 0 Å². The van der Waals surface area contributed by atoms with E-state index in [4.69, 9.17) is 9.47 Å². The molecule has 3 aliphatic carbocycles. The maximum absolute atomic E-state index is 13.4. The van der Waals surface area contributed by atoms with E-state index in [0.29, 0.717) is 31.6 Å². The van der Waals surface area contributed by atoms with E-state index in [1.54, 1.807) is 6.07 Å². The minimum atomic E-state index is -1.29. The van der Waals surface area contributed by atoms with Crippen LogP contribution in [0.5, 0.6) is 11.5 Å². The molecule has 4 atom stereocenters. The van der Waals surface area contributed by atoms with Crippen LogP contribution in [0.25, 0.3) is 0 Å². The van der Waals surface area contributed by atoms with Crippen LogP contribution < -0.4 is 10.1 Å². The van der Waals surface area contributed by atoms with Gasteiger partial charge in [-0.3, -0.25) is 9.69 Å². The first-order valence-corrected chi connectivity index (χ1v) is 13.8. The summed E-state index contributed by atoms with van der Waals surface area (Å²) in [6, 6.07) is 3.30. The fourth-order valence-electron chi connectivity index (χ4n) is 7.75. The van der Waals surface area contributed by atoms with E-state index in [-0.39, 0.29) is 28.9 Å². The number of aliphatic hydroxyl groups excluding tert-OH is 1. The number of ether oxygens (including phenoxy) is 2. The summed E-state index contributed by atoms with van der Waals surface area (Å²) < 4.78 is 11.3. The zero-order valence-electron chi connectivity index (χ0n) is 22.4. The molecule has 0 radical (unpaired) electrons. The smallest absolute Gasteiger partial charge is 0.331 e. The normalized spacial score (nSPS) is 33.7. The number of carbonyl (C=O) groups is 2. The Morgan fingerprint density at radius 1 is 1.21 bits per heavy atom. The van der Waals surface area contributed by atoms with Gasteiger partial charge in [0.05, 0.1) is 23.7 Å². The number of rotatable bonds is 6. The van der Waals surface area contributed by atoms with Gasteiger partial charge in [-0.2, -0.15) is 0 Å². The van der Waals surface area contributed by atoms with E-state index < -0.39 is 34.5 Å². The van der Waals surface area contributed by atoms with Gasteiger partial charge in [0.2, 0.25) is 0 Å². The number of likely N-dealkylation sites (tertiary alicyclic amines) is 1. The molecule has 4 N–H and O–H groups in total. The van der Waals surface area contributed by atoms with E-state index in [1.165, 1.54) is 26.9 Å². The minimum absolute atomic E-state index is 0.0201. The first kappa shape index (κ1) is 25.5. The van der Waals surface area contributed by atoms with Crippen molar-refractivity contribution in [3.05, 3.63) is 34.6 Å². The van der Waals surface area contributed by atoms with Gasteiger partial charge in [-0.05, 0) is 76.5 Å². The number of nitrogens with one attached hydrogen (secondary N) is 1. The minimum Gasteiger partial charge on any atom is -0.508 e. The van der Waals surface area contributed by atoms with Gasteiger partial charge in [0.15, 0.2) is 17.6 Å². The maximum atomic E-state index is 13.4. The predicted octanol–water partition coefficient (Wildman–Crippen LogP) is 2.62. The molecule has 9 heteroatoms. The first-order valence-electron chi connectivity index (χ1n) is 13.8. The highest BCUT2D eigenvalue weighted by atomic mass is 16.5. The zero-order valence-corrected chi connectivity index (χ0v) is 22.4. The number of piperidine rings is 1. The van der Waals surface area contributed by atoms with Crippen molar-refractivity contribution in [2.75, 3.05) is 20.2 Å². The Bertz CT molecular complexity index is 1210. The highest BCUT2D eigenvalue weighted by Gasteiger charge is 2.69. The lowest BCUT2D eigenvalue weighted by atomic mass is 9.53. The molecule has 1 spiro atoms. The molecule has 5 aliphatic rings. The average Bonchev–Trinajstić information content (AvgIpc) is 3.45. The first-order chi connectivity index (χ1) is 18.1. The number of esters is 1. The molecule has 1 aromatic carbocycles.